The lowest BCUT2D eigenvalue weighted by Crippen LogP contribution is -2.32. The van der Waals surface area contributed by atoms with E-state index >= 15 is 0 Å². The highest BCUT2D eigenvalue weighted by Crippen LogP contribution is 2.30. The van der Waals surface area contributed by atoms with Crippen molar-refractivity contribution in [1.82, 2.24) is 0 Å². The summed E-state index contributed by atoms with van der Waals surface area (Å²) < 4.78 is 55.4. The van der Waals surface area contributed by atoms with Crippen molar-refractivity contribution in [2.45, 2.75) is 27.7 Å². The summed E-state index contributed by atoms with van der Waals surface area (Å²) in [5, 5.41) is 0. The third-order valence-corrected chi connectivity index (χ3v) is 9.11. The molecule has 0 aliphatic heterocycles. The highest BCUT2D eigenvalue weighted by molar-refractivity contribution is 8.09. The summed E-state index contributed by atoms with van der Waals surface area (Å²) in [5.74, 6) is -0.769. The van der Waals surface area contributed by atoms with Crippen molar-refractivity contribution in [2.75, 3.05) is 7.11 Å². The molecule has 0 atom stereocenters. The molecular formula is C19H20O6S2. The van der Waals surface area contributed by atoms with Gasteiger partial charge in [0.15, 0.2) is 24.3 Å². The summed E-state index contributed by atoms with van der Waals surface area (Å²) in [6.45, 7) is 1.52. The van der Waals surface area contributed by atoms with Crippen molar-refractivity contribution in [3.63, 3.8) is 0 Å². The molecule has 0 aliphatic rings. The Kier molecular flexibility index (Phi) is 6.56. The van der Waals surface area contributed by atoms with Crippen molar-refractivity contribution >= 4 is 25.6 Å². The molecule has 2 aromatic rings. The zero-order chi connectivity index (χ0) is 20.1. The van der Waals surface area contributed by atoms with Gasteiger partial charge in [-0.25, -0.2) is 21.6 Å². The molecule has 144 valence electrons. The van der Waals surface area contributed by atoms with E-state index in [2.05, 4.69) is 4.74 Å². The second kappa shape index (κ2) is 8.49. The number of ether oxygens (including phenoxy) is 1. The van der Waals surface area contributed by atoms with Gasteiger partial charge in [0.2, 0.25) is 0 Å². The van der Waals surface area contributed by atoms with E-state index in [1.165, 1.54) is 61.5 Å². The van der Waals surface area contributed by atoms with Gasteiger partial charge in [0.05, 0.1) is 16.9 Å². The number of hydrogen-bond acceptors (Lipinski definition) is 6. The van der Waals surface area contributed by atoms with Gasteiger partial charge in [-0.2, -0.15) is 0 Å². The van der Waals surface area contributed by atoms with Gasteiger partial charge in [-0.15, -0.1) is 0 Å². The number of methoxy groups -OCH3 is 1. The molecule has 0 aliphatic carbocycles. The van der Waals surface area contributed by atoms with Gasteiger partial charge < -0.3 is 4.74 Å². The Hall–Kier alpha value is -2.45. The molecule has 0 saturated carbocycles. The number of sulfone groups is 2. The van der Waals surface area contributed by atoms with E-state index in [0.717, 1.165) is 7.11 Å². The topological polar surface area (TPSA) is 94.6 Å². The van der Waals surface area contributed by atoms with Gasteiger partial charge in [0.25, 0.3) is 0 Å². The minimum absolute atomic E-state index is 0.0264. The second-order valence-electron chi connectivity index (χ2n) is 5.66. The van der Waals surface area contributed by atoms with Crippen LogP contribution in [0.25, 0.3) is 0 Å². The normalized spacial score (nSPS) is 12.8. The van der Waals surface area contributed by atoms with E-state index < -0.39 is 36.6 Å². The van der Waals surface area contributed by atoms with Crippen molar-refractivity contribution in [3.05, 3.63) is 72.3 Å². The zero-order valence-corrected chi connectivity index (χ0v) is 16.5. The maximum atomic E-state index is 13.2. The van der Waals surface area contributed by atoms with Crippen LogP contribution in [-0.2, 0) is 29.2 Å². The van der Waals surface area contributed by atoms with E-state index in [1.807, 2.05) is 0 Å². The predicted molar refractivity (Wildman–Crippen MR) is 101 cm³/mol. The van der Waals surface area contributed by atoms with Gasteiger partial charge in [-0.05, 0) is 31.2 Å². The highest BCUT2D eigenvalue weighted by Gasteiger charge is 2.41. The summed E-state index contributed by atoms with van der Waals surface area (Å²) >= 11 is 0. The average molecular weight is 408 g/mol. The largest absolute Gasteiger partial charge is 0.466 e. The molecule has 0 aromatic heterocycles. The van der Waals surface area contributed by atoms with Crippen LogP contribution in [-0.4, -0.2) is 34.5 Å². The summed E-state index contributed by atoms with van der Waals surface area (Å²) in [6, 6.07) is 14.6. The second-order valence-corrected chi connectivity index (χ2v) is 10.2. The van der Waals surface area contributed by atoms with Gasteiger partial charge in [-0.3, -0.25) is 0 Å². The summed E-state index contributed by atoms with van der Waals surface area (Å²) in [7, 11) is -7.43. The number of carbonyl (C=O) groups excluding carboxylic acids is 1. The Morgan fingerprint density at radius 1 is 0.889 bits per heavy atom. The van der Waals surface area contributed by atoms with Gasteiger partial charge in [-0.1, -0.05) is 42.5 Å². The quantitative estimate of drug-likeness (QED) is 0.516. The molecule has 0 saturated heterocycles. The molecule has 8 heteroatoms. The van der Waals surface area contributed by atoms with Crippen molar-refractivity contribution in [3.8, 4) is 0 Å². The molecule has 0 fully saturated rings. The van der Waals surface area contributed by atoms with Crippen LogP contribution in [0, 0.1) is 0 Å². The third-order valence-electron chi connectivity index (χ3n) is 4.02. The van der Waals surface area contributed by atoms with E-state index in [1.54, 1.807) is 12.1 Å². The molecule has 0 unspecified atom stereocenters. The Balaban J connectivity index is 2.64. The van der Waals surface area contributed by atoms with E-state index in [0.29, 0.717) is 0 Å². The Morgan fingerprint density at radius 3 is 1.63 bits per heavy atom. The first-order valence-corrected chi connectivity index (χ1v) is 11.2. The molecule has 0 bridgehead atoms. The number of hydrogen-bond donors (Lipinski definition) is 0. The van der Waals surface area contributed by atoms with E-state index in [4.69, 9.17) is 0 Å². The minimum Gasteiger partial charge on any atom is -0.466 e. The lowest BCUT2D eigenvalue weighted by molar-refractivity contribution is -0.136. The van der Waals surface area contributed by atoms with Crippen LogP contribution in [0.5, 0.6) is 0 Å². The lowest BCUT2D eigenvalue weighted by Gasteiger charge is -2.19. The van der Waals surface area contributed by atoms with Crippen LogP contribution in [0.1, 0.15) is 13.3 Å². The fraction of sp³-hybridized carbons (Fsp3) is 0.211. The Labute approximate surface area is 159 Å². The molecular weight excluding hydrogens is 388 g/mol. The maximum absolute atomic E-state index is 13.2. The van der Waals surface area contributed by atoms with Gasteiger partial charge in [0.1, 0.15) is 0 Å². The molecule has 0 amide bonds. The third kappa shape index (κ3) is 4.45. The standard InChI is InChI=1S/C19H20O6S2/c1-3-15(19(20)25-2)14-18(26(21,22)16-10-6-4-7-11-16)27(23,24)17-12-8-5-9-13-17/h3-13,18H,14H2,1-2H3/b15-3-. The SMILES string of the molecule is C/C=C(/CC(S(=O)(=O)c1ccccc1)S(=O)(=O)c1ccccc1)C(=O)OC. The molecule has 0 heterocycles. The minimum atomic E-state index is -4.29. The predicted octanol–water partition coefficient (Wildman–Crippen LogP) is 2.77. The fourth-order valence-electron chi connectivity index (χ4n) is 2.54. The first-order chi connectivity index (χ1) is 12.7. The first kappa shape index (κ1) is 20.9. The number of rotatable bonds is 7. The summed E-state index contributed by atoms with van der Waals surface area (Å²) in [6.07, 6.45) is 0.845. The van der Waals surface area contributed by atoms with Crippen LogP contribution in [0.15, 0.2) is 82.1 Å². The first-order valence-electron chi connectivity index (χ1n) is 8.06. The van der Waals surface area contributed by atoms with Crippen molar-refractivity contribution < 1.29 is 26.4 Å². The Bertz CT molecular complexity index is 955. The van der Waals surface area contributed by atoms with Gasteiger partial charge in [0, 0.05) is 12.0 Å². The number of benzene rings is 2. The number of allylic oxidation sites excluding steroid dienone is 1. The number of esters is 1. The molecule has 0 spiro atoms. The molecule has 0 radical (unpaired) electrons. The molecule has 6 nitrogen and oxygen atoms in total. The average Bonchev–Trinajstić information content (AvgIpc) is 2.69. The van der Waals surface area contributed by atoms with Gasteiger partial charge >= 0.3 is 5.97 Å². The van der Waals surface area contributed by atoms with E-state index in [-0.39, 0.29) is 15.4 Å². The Morgan fingerprint density at radius 2 is 1.30 bits per heavy atom. The highest BCUT2D eigenvalue weighted by atomic mass is 32.3. The smallest absolute Gasteiger partial charge is 0.333 e. The van der Waals surface area contributed by atoms with Crippen LogP contribution >= 0.6 is 0 Å². The molecule has 0 N–H and O–H groups in total. The van der Waals surface area contributed by atoms with Crippen LogP contribution in [0.4, 0.5) is 0 Å². The van der Waals surface area contributed by atoms with Crippen LogP contribution in [0.2, 0.25) is 0 Å². The summed E-state index contributed by atoms with van der Waals surface area (Å²) in [4.78, 5) is 11.7. The monoisotopic (exact) mass is 408 g/mol. The lowest BCUT2D eigenvalue weighted by atomic mass is 10.2. The zero-order valence-electron chi connectivity index (χ0n) is 14.9. The van der Waals surface area contributed by atoms with Crippen LogP contribution < -0.4 is 0 Å². The van der Waals surface area contributed by atoms with Crippen molar-refractivity contribution in [1.29, 1.82) is 0 Å². The van der Waals surface area contributed by atoms with Crippen molar-refractivity contribution in [2.24, 2.45) is 0 Å². The molecule has 27 heavy (non-hydrogen) atoms. The van der Waals surface area contributed by atoms with E-state index in [9.17, 15) is 21.6 Å². The summed E-state index contributed by atoms with van der Waals surface area (Å²) in [5.41, 5.74) is -0.0264. The fourth-order valence-corrected chi connectivity index (χ4v) is 7.02. The molecule has 2 aromatic carbocycles. The molecule has 2 rings (SSSR count). The number of carbonyl (C=O) groups is 1. The van der Waals surface area contributed by atoms with Crippen LogP contribution in [0.3, 0.4) is 0 Å². The maximum Gasteiger partial charge on any atom is 0.333 e.